The Morgan fingerprint density at radius 1 is 1.22 bits per heavy atom. The number of benzene rings is 1. The van der Waals surface area contributed by atoms with Crippen molar-refractivity contribution in [2.75, 3.05) is 0 Å². The van der Waals surface area contributed by atoms with Gasteiger partial charge in [-0.15, -0.1) is 0 Å². The van der Waals surface area contributed by atoms with Crippen molar-refractivity contribution in [2.45, 2.75) is 39.4 Å². The lowest BCUT2D eigenvalue weighted by Crippen LogP contribution is -2.84. The molecule has 5 heteroatoms. The fraction of sp³-hybridized carbons (Fsp3) is 0.333. The van der Waals surface area contributed by atoms with Gasteiger partial charge >= 0.3 is 0 Å². The van der Waals surface area contributed by atoms with Crippen LogP contribution in [0.4, 0.5) is 0 Å². The summed E-state index contributed by atoms with van der Waals surface area (Å²) < 4.78 is 7.18. The molecule has 2 N–H and O–H groups in total. The monoisotopic (exact) mass is 312 g/mol. The van der Waals surface area contributed by atoms with Crippen molar-refractivity contribution in [3.05, 3.63) is 64.6 Å². The topological polar surface area (TPSA) is 64.6 Å². The minimum atomic E-state index is 0.0398. The van der Waals surface area contributed by atoms with Crippen molar-refractivity contribution in [3.8, 4) is 0 Å². The molecule has 23 heavy (non-hydrogen) atoms. The van der Waals surface area contributed by atoms with Crippen LogP contribution in [0.1, 0.15) is 37.9 Å². The molecule has 3 rings (SSSR count). The van der Waals surface area contributed by atoms with Crippen LogP contribution in [0.25, 0.3) is 10.9 Å². The van der Waals surface area contributed by atoms with Crippen LogP contribution in [0.2, 0.25) is 0 Å². The third kappa shape index (κ3) is 3.05. The zero-order valence-corrected chi connectivity index (χ0v) is 13.5. The molecule has 0 amide bonds. The van der Waals surface area contributed by atoms with Crippen molar-refractivity contribution in [1.82, 2.24) is 9.55 Å². The van der Waals surface area contributed by atoms with E-state index in [2.05, 4.69) is 12.2 Å². The van der Waals surface area contributed by atoms with Crippen molar-refractivity contribution >= 4 is 10.9 Å². The quantitative estimate of drug-likeness (QED) is 0.759. The highest BCUT2D eigenvalue weighted by atomic mass is 16.3. The highest BCUT2D eigenvalue weighted by Crippen LogP contribution is 2.14. The molecular weight excluding hydrogens is 290 g/mol. The number of hydrogen-bond donors (Lipinski definition) is 1. The van der Waals surface area contributed by atoms with Crippen molar-refractivity contribution in [1.29, 1.82) is 0 Å². The smallest absolute Gasteiger partial charge is 0.261 e. The van der Waals surface area contributed by atoms with Gasteiger partial charge in [-0.05, 0) is 31.2 Å². The van der Waals surface area contributed by atoms with Gasteiger partial charge < -0.3 is 9.73 Å². The average Bonchev–Trinajstić information content (AvgIpc) is 3.09. The molecule has 1 atom stereocenters. The Labute approximate surface area is 135 Å². The van der Waals surface area contributed by atoms with Crippen LogP contribution in [0.5, 0.6) is 0 Å². The molecule has 0 aliphatic carbocycles. The Kier molecular flexibility index (Phi) is 4.57. The molecule has 2 heterocycles. The van der Waals surface area contributed by atoms with Gasteiger partial charge in [-0.2, -0.15) is 0 Å². The SMILES string of the molecule is CC[C@@H]([NH2+]Cc1ccco1)c1nc2ccccc2c(=O)n1CC. The van der Waals surface area contributed by atoms with Crippen LogP contribution in [-0.4, -0.2) is 9.55 Å². The van der Waals surface area contributed by atoms with Gasteiger partial charge in [0.1, 0.15) is 12.6 Å². The highest BCUT2D eigenvalue weighted by molar-refractivity contribution is 5.77. The lowest BCUT2D eigenvalue weighted by molar-refractivity contribution is -0.714. The van der Waals surface area contributed by atoms with Crippen molar-refractivity contribution in [3.63, 3.8) is 0 Å². The Morgan fingerprint density at radius 2 is 2.04 bits per heavy atom. The van der Waals surface area contributed by atoms with Crippen LogP contribution in [-0.2, 0) is 13.1 Å². The summed E-state index contributed by atoms with van der Waals surface area (Å²) in [6.45, 7) is 5.46. The number of nitrogens with two attached hydrogens (primary N) is 1. The molecular formula is C18H22N3O2+. The van der Waals surface area contributed by atoms with E-state index in [0.717, 1.165) is 30.1 Å². The summed E-state index contributed by atoms with van der Waals surface area (Å²) in [4.78, 5) is 17.5. The standard InChI is InChI=1S/C18H21N3O2/c1-3-15(19-12-13-8-7-11-23-13)17-20-16-10-6-5-9-14(16)18(22)21(17)4-2/h5-11,15,19H,3-4,12H2,1-2H3/p+1/t15-/m1/s1. The maximum absolute atomic E-state index is 12.7. The van der Waals surface area contributed by atoms with Crippen LogP contribution >= 0.6 is 0 Å². The lowest BCUT2D eigenvalue weighted by atomic mass is 10.1. The van der Waals surface area contributed by atoms with E-state index in [-0.39, 0.29) is 11.6 Å². The number of para-hydroxylation sites is 1. The summed E-state index contributed by atoms with van der Waals surface area (Å²) in [6.07, 6.45) is 2.58. The molecule has 0 aliphatic rings. The number of fused-ring (bicyclic) bond motifs is 1. The molecule has 1 aromatic carbocycles. The van der Waals surface area contributed by atoms with Gasteiger partial charge in [0, 0.05) is 13.0 Å². The minimum Gasteiger partial charge on any atom is -0.463 e. The summed E-state index contributed by atoms with van der Waals surface area (Å²) in [5.41, 5.74) is 0.806. The van der Waals surface area contributed by atoms with E-state index in [4.69, 9.17) is 9.40 Å². The second kappa shape index (κ2) is 6.79. The zero-order valence-electron chi connectivity index (χ0n) is 13.5. The molecule has 0 saturated carbocycles. The number of quaternary nitrogens is 1. The summed E-state index contributed by atoms with van der Waals surface area (Å²) in [6, 6.07) is 11.5. The summed E-state index contributed by atoms with van der Waals surface area (Å²) in [5, 5.41) is 2.86. The van der Waals surface area contributed by atoms with E-state index >= 15 is 0 Å². The average molecular weight is 312 g/mol. The van der Waals surface area contributed by atoms with Crippen molar-refractivity contribution < 1.29 is 9.73 Å². The molecule has 3 aromatic rings. The molecule has 2 aromatic heterocycles. The second-order valence-electron chi connectivity index (χ2n) is 5.57. The van der Waals surface area contributed by atoms with Gasteiger partial charge in [-0.3, -0.25) is 9.36 Å². The van der Waals surface area contributed by atoms with Crippen molar-refractivity contribution in [2.24, 2.45) is 0 Å². The van der Waals surface area contributed by atoms with Gasteiger partial charge in [0.25, 0.3) is 5.56 Å². The normalized spacial score (nSPS) is 12.6. The number of rotatable bonds is 6. The maximum Gasteiger partial charge on any atom is 0.261 e. The fourth-order valence-electron chi connectivity index (χ4n) is 2.92. The molecule has 0 aliphatic heterocycles. The Bertz CT molecular complexity index is 837. The molecule has 0 fully saturated rings. The maximum atomic E-state index is 12.7. The number of nitrogens with zero attached hydrogens (tertiary/aromatic N) is 2. The second-order valence-corrected chi connectivity index (χ2v) is 5.57. The van der Waals surface area contributed by atoms with E-state index in [1.165, 1.54) is 0 Å². The number of furan rings is 1. The predicted molar refractivity (Wildman–Crippen MR) is 89.0 cm³/mol. The van der Waals surface area contributed by atoms with E-state index in [1.54, 1.807) is 10.8 Å². The molecule has 0 bridgehead atoms. The van der Waals surface area contributed by atoms with Gasteiger partial charge in [0.05, 0.1) is 17.2 Å². The van der Waals surface area contributed by atoms with Gasteiger partial charge in [0.2, 0.25) is 0 Å². The summed E-state index contributed by atoms with van der Waals surface area (Å²) >= 11 is 0. The largest absolute Gasteiger partial charge is 0.463 e. The zero-order chi connectivity index (χ0) is 16.2. The summed E-state index contributed by atoms with van der Waals surface area (Å²) in [5.74, 6) is 1.76. The first kappa shape index (κ1) is 15.5. The van der Waals surface area contributed by atoms with Crippen LogP contribution in [0.15, 0.2) is 51.9 Å². The van der Waals surface area contributed by atoms with Gasteiger partial charge in [-0.25, -0.2) is 4.98 Å². The van der Waals surface area contributed by atoms with Gasteiger partial charge in [-0.1, -0.05) is 19.1 Å². The van der Waals surface area contributed by atoms with E-state index < -0.39 is 0 Å². The Hall–Kier alpha value is -2.40. The molecule has 0 saturated heterocycles. The molecule has 0 spiro atoms. The minimum absolute atomic E-state index is 0.0398. The first-order valence-corrected chi connectivity index (χ1v) is 8.09. The first-order chi connectivity index (χ1) is 11.2. The predicted octanol–water partition coefficient (Wildman–Crippen LogP) is 2.22. The van der Waals surface area contributed by atoms with Crippen LogP contribution < -0.4 is 10.9 Å². The molecule has 5 nitrogen and oxygen atoms in total. The molecule has 0 unspecified atom stereocenters. The van der Waals surface area contributed by atoms with E-state index in [0.29, 0.717) is 11.9 Å². The van der Waals surface area contributed by atoms with Crippen LogP contribution in [0, 0.1) is 0 Å². The Balaban J connectivity index is 2.00. The molecule has 120 valence electrons. The number of aromatic nitrogens is 2. The van der Waals surface area contributed by atoms with Crippen LogP contribution in [0.3, 0.4) is 0 Å². The molecule has 0 radical (unpaired) electrons. The summed E-state index contributed by atoms with van der Waals surface area (Å²) in [7, 11) is 0. The Morgan fingerprint density at radius 3 is 2.74 bits per heavy atom. The lowest BCUT2D eigenvalue weighted by Gasteiger charge is -2.18. The highest BCUT2D eigenvalue weighted by Gasteiger charge is 2.21. The third-order valence-corrected chi connectivity index (χ3v) is 4.16. The first-order valence-electron chi connectivity index (χ1n) is 8.09. The fourth-order valence-corrected chi connectivity index (χ4v) is 2.92. The van der Waals surface area contributed by atoms with E-state index in [1.807, 2.05) is 43.3 Å². The number of hydrogen-bond acceptors (Lipinski definition) is 3. The van der Waals surface area contributed by atoms with Gasteiger partial charge in [0.15, 0.2) is 11.6 Å². The van der Waals surface area contributed by atoms with E-state index in [9.17, 15) is 4.79 Å². The third-order valence-electron chi connectivity index (χ3n) is 4.16.